The molecule has 0 aromatic rings. The van der Waals surface area contributed by atoms with Gasteiger partial charge in [0.05, 0.1) is 0 Å². The molecule has 1 saturated carbocycles. The molecule has 1 aliphatic carbocycles. The monoisotopic (exact) mass is 324 g/mol. The Morgan fingerprint density at radius 1 is 1.22 bits per heavy atom. The van der Waals surface area contributed by atoms with Crippen molar-refractivity contribution in [1.29, 1.82) is 0 Å². The highest BCUT2D eigenvalue weighted by atomic mass is 16.3. The second kappa shape index (κ2) is 8.13. The summed E-state index contributed by atoms with van der Waals surface area (Å²) in [5, 5.41) is 12.5. The van der Waals surface area contributed by atoms with Crippen LogP contribution in [0.25, 0.3) is 0 Å². The van der Waals surface area contributed by atoms with E-state index in [0.29, 0.717) is 13.1 Å². The van der Waals surface area contributed by atoms with Gasteiger partial charge in [0.15, 0.2) is 0 Å². The molecule has 0 radical (unpaired) electrons. The van der Waals surface area contributed by atoms with E-state index in [2.05, 4.69) is 12.2 Å². The van der Waals surface area contributed by atoms with Crippen LogP contribution in [0.15, 0.2) is 0 Å². The zero-order chi connectivity index (χ0) is 16.9. The van der Waals surface area contributed by atoms with E-state index in [1.807, 2.05) is 4.90 Å². The Labute approximate surface area is 139 Å². The van der Waals surface area contributed by atoms with Gasteiger partial charge in [0, 0.05) is 25.6 Å². The van der Waals surface area contributed by atoms with Gasteiger partial charge >= 0.3 is 0 Å². The van der Waals surface area contributed by atoms with Gasteiger partial charge in [0.25, 0.3) is 0 Å². The molecule has 2 aliphatic rings. The lowest BCUT2D eigenvalue weighted by atomic mass is 9.77. The normalized spacial score (nSPS) is 23.3. The third-order valence-corrected chi connectivity index (χ3v) is 5.93. The van der Waals surface area contributed by atoms with Crippen LogP contribution in [0, 0.1) is 11.3 Å². The molecule has 0 aromatic carbocycles. The highest BCUT2D eigenvalue weighted by molar-refractivity contribution is 5.88. The number of amides is 2. The number of carbonyl (C=O) groups excluding carboxylic acids is 2. The summed E-state index contributed by atoms with van der Waals surface area (Å²) in [6, 6.07) is -0.451. The minimum absolute atomic E-state index is 0.0109. The first-order valence-corrected chi connectivity index (χ1v) is 9.21. The Morgan fingerprint density at radius 3 is 2.35 bits per heavy atom. The first-order chi connectivity index (χ1) is 11.0. The Balaban J connectivity index is 1.82. The Hall–Kier alpha value is -1.10. The standard InChI is InChI=1S/C18H32N2O3/c1-3-18(13-21)9-11-20(12-10-18)17(23)14(2)19-16(22)15-7-5-4-6-8-15/h14-15,21H,3-13H2,1-2H3,(H,19,22)/t14-/m1/s1. The van der Waals surface area contributed by atoms with Gasteiger partial charge in [-0.3, -0.25) is 9.59 Å². The summed E-state index contributed by atoms with van der Waals surface area (Å²) in [5.74, 6) is 0.139. The number of carbonyl (C=O) groups is 2. The highest BCUT2D eigenvalue weighted by Crippen LogP contribution is 2.34. The molecule has 2 rings (SSSR count). The third kappa shape index (κ3) is 4.46. The molecule has 2 amide bonds. The molecule has 0 unspecified atom stereocenters. The molecule has 0 aromatic heterocycles. The molecule has 23 heavy (non-hydrogen) atoms. The molecule has 1 heterocycles. The number of nitrogens with one attached hydrogen (secondary N) is 1. The van der Waals surface area contributed by atoms with Gasteiger partial charge in [-0.25, -0.2) is 0 Å². The summed E-state index contributed by atoms with van der Waals surface area (Å²) in [4.78, 5) is 26.7. The maximum atomic E-state index is 12.6. The maximum absolute atomic E-state index is 12.6. The van der Waals surface area contributed by atoms with Crippen LogP contribution in [0.4, 0.5) is 0 Å². The van der Waals surface area contributed by atoms with Gasteiger partial charge < -0.3 is 15.3 Å². The van der Waals surface area contributed by atoms with Crippen molar-refractivity contribution < 1.29 is 14.7 Å². The number of rotatable bonds is 5. The third-order valence-electron chi connectivity index (χ3n) is 5.93. The van der Waals surface area contributed by atoms with Crippen molar-refractivity contribution in [2.24, 2.45) is 11.3 Å². The number of likely N-dealkylation sites (tertiary alicyclic amines) is 1. The number of hydrogen-bond acceptors (Lipinski definition) is 3. The van der Waals surface area contributed by atoms with Crippen molar-refractivity contribution >= 4 is 11.8 Å². The minimum Gasteiger partial charge on any atom is -0.396 e. The molecule has 0 bridgehead atoms. The molecule has 2 fully saturated rings. The smallest absolute Gasteiger partial charge is 0.244 e. The Kier molecular flexibility index (Phi) is 6.45. The number of aliphatic hydroxyl groups excluding tert-OH is 1. The molecule has 5 heteroatoms. The van der Waals surface area contributed by atoms with E-state index in [1.165, 1.54) is 6.42 Å². The number of nitrogens with zero attached hydrogens (tertiary/aromatic N) is 1. The van der Waals surface area contributed by atoms with Crippen molar-refractivity contribution in [3.8, 4) is 0 Å². The molecule has 0 spiro atoms. The topological polar surface area (TPSA) is 69.6 Å². The lowest BCUT2D eigenvalue weighted by Gasteiger charge is -2.41. The lowest BCUT2D eigenvalue weighted by molar-refractivity contribution is -0.139. The Bertz CT molecular complexity index is 404. The van der Waals surface area contributed by atoms with E-state index in [1.54, 1.807) is 6.92 Å². The molecule has 132 valence electrons. The molecule has 1 aliphatic heterocycles. The van der Waals surface area contributed by atoms with Crippen molar-refractivity contribution in [2.75, 3.05) is 19.7 Å². The predicted molar refractivity (Wildman–Crippen MR) is 89.8 cm³/mol. The molecular formula is C18H32N2O3. The predicted octanol–water partition coefficient (Wildman–Crippen LogP) is 2.08. The molecular weight excluding hydrogens is 292 g/mol. The average Bonchev–Trinajstić information content (AvgIpc) is 2.61. The Morgan fingerprint density at radius 2 is 1.83 bits per heavy atom. The fourth-order valence-electron chi connectivity index (χ4n) is 3.86. The van der Waals surface area contributed by atoms with E-state index in [0.717, 1.165) is 44.9 Å². The SMILES string of the molecule is CCC1(CO)CCN(C(=O)[C@@H](C)NC(=O)C2CCCCC2)CC1. The number of hydrogen-bond donors (Lipinski definition) is 2. The van der Waals surface area contributed by atoms with Crippen LogP contribution < -0.4 is 5.32 Å². The quantitative estimate of drug-likeness (QED) is 0.813. The summed E-state index contributed by atoms with van der Waals surface area (Å²) in [7, 11) is 0. The van der Waals surface area contributed by atoms with Gasteiger partial charge in [-0.1, -0.05) is 26.2 Å². The van der Waals surface area contributed by atoms with E-state index >= 15 is 0 Å². The maximum Gasteiger partial charge on any atom is 0.244 e. The molecule has 2 N–H and O–H groups in total. The zero-order valence-corrected chi connectivity index (χ0v) is 14.6. The van der Waals surface area contributed by atoms with Gasteiger partial charge in [-0.15, -0.1) is 0 Å². The summed E-state index contributed by atoms with van der Waals surface area (Å²) in [6.07, 6.45) is 7.98. The van der Waals surface area contributed by atoms with Gasteiger partial charge in [-0.2, -0.15) is 0 Å². The van der Waals surface area contributed by atoms with Crippen LogP contribution in [0.3, 0.4) is 0 Å². The first-order valence-electron chi connectivity index (χ1n) is 9.21. The van der Waals surface area contributed by atoms with Gasteiger partial charge in [0.1, 0.15) is 6.04 Å². The molecule has 1 saturated heterocycles. The molecule has 1 atom stereocenters. The van der Waals surface area contributed by atoms with E-state index in [4.69, 9.17) is 0 Å². The average molecular weight is 324 g/mol. The van der Waals surface area contributed by atoms with E-state index < -0.39 is 6.04 Å². The van der Waals surface area contributed by atoms with Crippen molar-refractivity contribution in [3.63, 3.8) is 0 Å². The van der Waals surface area contributed by atoms with E-state index in [9.17, 15) is 14.7 Å². The second-order valence-electron chi connectivity index (χ2n) is 7.40. The van der Waals surface area contributed by atoms with Crippen molar-refractivity contribution in [3.05, 3.63) is 0 Å². The number of piperidine rings is 1. The van der Waals surface area contributed by atoms with E-state index in [-0.39, 0.29) is 29.8 Å². The van der Waals surface area contributed by atoms with Crippen LogP contribution >= 0.6 is 0 Å². The summed E-state index contributed by atoms with van der Waals surface area (Å²) in [6.45, 7) is 5.44. The number of aliphatic hydroxyl groups is 1. The lowest BCUT2D eigenvalue weighted by Crippen LogP contribution is -2.52. The fraction of sp³-hybridized carbons (Fsp3) is 0.889. The highest BCUT2D eigenvalue weighted by Gasteiger charge is 2.35. The molecule has 5 nitrogen and oxygen atoms in total. The van der Waals surface area contributed by atoms with Crippen LogP contribution in [0.1, 0.15) is 65.2 Å². The summed E-state index contributed by atoms with van der Waals surface area (Å²) < 4.78 is 0. The summed E-state index contributed by atoms with van der Waals surface area (Å²) >= 11 is 0. The first kappa shape index (κ1) is 18.2. The van der Waals surface area contributed by atoms with Gasteiger partial charge in [-0.05, 0) is 44.4 Å². The van der Waals surface area contributed by atoms with Crippen LogP contribution in [0.5, 0.6) is 0 Å². The fourth-order valence-corrected chi connectivity index (χ4v) is 3.86. The minimum atomic E-state index is -0.451. The van der Waals surface area contributed by atoms with Gasteiger partial charge in [0.2, 0.25) is 11.8 Å². The van der Waals surface area contributed by atoms with Crippen LogP contribution in [-0.2, 0) is 9.59 Å². The largest absolute Gasteiger partial charge is 0.396 e. The zero-order valence-electron chi connectivity index (χ0n) is 14.6. The van der Waals surface area contributed by atoms with Crippen LogP contribution in [0.2, 0.25) is 0 Å². The van der Waals surface area contributed by atoms with Crippen molar-refractivity contribution in [1.82, 2.24) is 10.2 Å². The van der Waals surface area contributed by atoms with Crippen LogP contribution in [-0.4, -0.2) is 47.6 Å². The summed E-state index contributed by atoms with van der Waals surface area (Å²) in [5.41, 5.74) is -0.0225. The van der Waals surface area contributed by atoms with Crippen molar-refractivity contribution in [2.45, 2.75) is 71.3 Å². The second-order valence-corrected chi connectivity index (χ2v) is 7.40.